The maximum Gasteiger partial charge on any atom is 0.338 e. The van der Waals surface area contributed by atoms with Gasteiger partial charge in [-0.1, -0.05) is 6.92 Å². The minimum absolute atomic E-state index is 0.0609. The molecule has 1 saturated heterocycles. The van der Waals surface area contributed by atoms with Crippen LogP contribution in [0.3, 0.4) is 0 Å². The molecular weight excluding hydrogens is 236 g/mol. The summed E-state index contributed by atoms with van der Waals surface area (Å²) in [5.41, 5.74) is 0.158. The highest BCUT2D eigenvalue weighted by Crippen LogP contribution is 2.32. The smallest absolute Gasteiger partial charge is 0.338 e. The highest BCUT2D eigenvalue weighted by molar-refractivity contribution is 5.90. The number of hydrogen-bond donors (Lipinski definition) is 2. The third-order valence-electron chi connectivity index (χ3n) is 3.29. The number of phenolic OH excluding ortho intramolecular Hbond substituents is 2. The van der Waals surface area contributed by atoms with E-state index in [0.717, 1.165) is 6.42 Å². The Hall–Kier alpha value is -1.75. The summed E-state index contributed by atoms with van der Waals surface area (Å²) in [5, 5.41) is 18.5. The minimum atomic E-state index is -0.509. The number of carbonyl (C=O) groups is 1. The molecule has 2 N–H and O–H groups in total. The Kier molecular flexibility index (Phi) is 3.43. The second kappa shape index (κ2) is 4.86. The summed E-state index contributed by atoms with van der Waals surface area (Å²) in [4.78, 5) is 11.8. The fourth-order valence-electron chi connectivity index (χ4n) is 1.73. The zero-order chi connectivity index (χ0) is 13.2. The van der Waals surface area contributed by atoms with E-state index in [4.69, 9.17) is 14.6 Å². The van der Waals surface area contributed by atoms with Crippen molar-refractivity contribution in [3.05, 3.63) is 23.8 Å². The molecule has 0 unspecified atom stereocenters. The molecule has 0 atom stereocenters. The van der Waals surface area contributed by atoms with E-state index in [-0.39, 0.29) is 22.5 Å². The average Bonchev–Trinajstić information content (AvgIpc) is 2.31. The number of carbonyl (C=O) groups excluding carboxylic acids is 1. The van der Waals surface area contributed by atoms with Crippen LogP contribution >= 0.6 is 0 Å². The Labute approximate surface area is 105 Å². The predicted molar refractivity (Wildman–Crippen MR) is 63.6 cm³/mol. The average molecular weight is 252 g/mol. The first-order valence-corrected chi connectivity index (χ1v) is 5.83. The topological polar surface area (TPSA) is 76.0 Å². The van der Waals surface area contributed by atoms with Crippen molar-refractivity contribution in [2.45, 2.75) is 13.3 Å². The Morgan fingerprint density at radius 2 is 2.11 bits per heavy atom. The van der Waals surface area contributed by atoms with E-state index in [0.29, 0.717) is 19.8 Å². The third-order valence-corrected chi connectivity index (χ3v) is 3.29. The van der Waals surface area contributed by atoms with Crippen molar-refractivity contribution in [3.8, 4) is 11.5 Å². The maximum atomic E-state index is 11.8. The van der Waals surface area contributed by atoms with E-state index >= 15 is 0 Å². The van der Waals surface area contributed by atoms with Crippen molar-refractivity contribution in [1.29, 1.82) is 0 Å². The molecule has 0 spiro atoms. The van der Waals surface area contributed by atoms with Crippen molar-refractivity contribution < 1.29 is 24.5 Å². The van der Waals surface area contributed by atoms with E-state index in [9.17, 15) is 9.90 Å². The van der Waals surface area contributed by atoms with Crippen molar-refractivity contribution in [3.63, 3.8) is 0 Å². The highest BCUT2D eigenvalue weighted by atomic mass is 16.5. The summed E-state index contributed by atoms with van der Waals surface area (Å²) < 4.78 is 10.3. The number of phenols is 2. The van der Waals surface area contributed by atoms with Gasteiger partial charge in [0.15, 0.2) is 11.5 Å². The first-order valence-electron chi connectivity index (χ1n) is 5.83. The van der Waals surface area contributed by atoms with Gasteiger partial charge in [-0.15, -0.1) is 0 Å². The number of rotatable bonds is 4. The number of aromatic hydroxyl groups is 2. The molecule has 1 fully saturated rings. The van der Waals surface area contributed by atoms with Gasteiger partial charge in [0.1, 0.15) is 6.61 Å². The van der Waals surface area contributed by atoms with E-state index < -0.39 is 5.97 Å². The first kappa shape index (κ1) is 12.7. The van der Waals surface area contributed by atoms with Crippen LogP contribution in [-0.2, 0) is 9.47 Å². The first-order chi connectivity index (χ1) is 8.56. The Balaban J connectivity index is 1.97. The van der Waals surface area contributed by atoms with E-state index in [1.54, 1.807) is 0 Å². The largest absolute Gasteiger partial charge is 0.504 e. The lowest BCUT2D eigenvalue weighted by Crippen LogP contribution is -2.46. The molecule has 0 saturated carbocycles. The molecular formula is C13H16O5. The monoisotopic (exact) mass is 252 g/mol. The summed E-state index contributed by atoms with van der Waals surface area (Å²) in [5.74, 6) is -1.10. The molecule has 0 radical (unpaired) electrons. The zero-order valence-corrected chi connectivity index (χ0v) is 10.2. The van der Waals surface area contributed by atoms with Gasteiger partial charge in [0, 0.05) is 0 Å². The molecule has 1 aliphatic rings. The van der Waals surface area contributed by atoms with Crippen LogP contribution in [0.2, 0.25) is 0 Å². The number of esters is 1. The Morgan fingerprint density at radius 3 is 2.61 bits per heavy atom. The third kappa shape index (κ3) is 2.41. The molecule has 0 aromatic heterocycles. The summed E-state index contributed by atoms with van der Waals surface area (Å²) in [6.07, 6.45) is 0.890. The van der Waals surface area contributed by atoms with Crippen LogP contribution in [0.5, 0.6) is 11.5 Å². The normalized spacial score (nSPS) is 16.9. The lowest BCUT2D eigenvalue weighted by molar-refractivity contribution is -0.140. The molecule has 98 valence electrons. The minimum Gasteiger partial charge on any atom is -0.504 e. The molecule has 0 bridgehead atoms. The SMILES string of the molecule is CCC1(COC(=O)c2ccc(O)c(O)c2)COC1. The summed E-state index contributed by atoms with van der Waals surface area (Å²) in [6, 6.07) is 3.86. The summed E-state index contributed by atoms with van der Waals surface area (Å²) in [7, 11) is 0. The molecule has 1 aromatic rings. The molecule has 2 rings (SSSR count). The van der Waals surface area contributed by atoms with Gasteiger partial charge >= 0.3 is 5.97 Å². The lowest BCUT2D eigenvalue weighted by atomic mass is 9.84. The quantitative estimate of drug-likeness (QED) is 0.630. The number of benzene rings is 1. The van der Waals surface area contributed by atoms with Gasteiger partial charge in [0.05, 0.1) is 24.2 Å². The molecule has 0 amide bonds. The van der Waals surface area contributed by atoms with Crippen molar-refractivity contribution >= 4 is 5.97 Å². The van der Waals surface area contributed by atoms with Gasteiger partial charge in [0.2, 0.25) is 0 Å². The molecule has 5 heteroatoms. The molecule has 1 heterocycles. The fourth-order valence-corrected chi connectivity index (χ4v) is 1.73. The van der Waals surface area contributed by atoms with Gasteiger partial charge < -0.3 is 19.7 Å². The van der Waals surface area contributed by atoms with Crippen molar-refractivity contribution in [2.75, 3.05) is 19.8 Å². The van der Waals surface area contributed by atoms with E-state index in [2.05, 4.69) is 0 Å². The van der Waals surface area contributed by atoms with Gasteiger partial charge in [-0.2, -0.15) is 0 Å². The number of ether oxygens (including phenoxy) is 2. The van der Waals surface area contributed by atoms with Crippen LogP contribution in [0, 0.1) is 5.41 Å². The van der Waals surface area contributed by atoms with Crippen LogP contribution in [0.4, 0.5) is 0 Å². The lowest BCUT2D eigenvalue weighted by Gasteiger charge is -2.39. The second-order valence-electron chi connectivity index (χ2n) is 4.63. The van der Waals surface area contributed by atoms with Crippen LogP contribution in [-0.4, -0.2) is 36.0 Å². The Morgan fingerprint density at radius 1 is 1.39 bits per heavy atom. The standard InChI is InChI=1S/C13H16O5/c1-2-13(6-17-7-13)8-18-12(16)9-3-4-10(14)11(15)5-9/h3-5,14-15H,2,6-8H2,1H3. The fraction of sp³-hybridized carbons (Fsp3) is 0.462. The second-order valence-corrected chi connectivity index (χ2v) is 4.63. The van der Waals surface area contributed by atoms with Gasteiger partial charge in [-0.05, 0) is 24.6 Å². The van der Waals surface area contributed by atoms with E-state index in [1.165, 1.54) is 18.2 Å². The van der Waals surface area contributed by atoms with Gasteiger partial charge in [-0.25, -0.2) is 4.79 Å². The van der Waals surface area contributed by atoms with E-state index in [1.807, 2.05) is 6.92 Å². The Bertz CT molecular complexity index is 445. The molecule has 1 aliphatic heterocycles. The van der Waals surface area contributed by atoms with Crippen LogP contribution in [0.15, 0.2) is 18.2 Å². The van der Waals surface area contributed by atoms with Crippen LogP contribution in [0.1, 0.15) is 23.7 Å². The number of hydrogen-bond acceptors (Lipinski definition) is 5. The van der Waals surface area contributed by atoms with Crippen LogP contribution < -0.4 is 0 Å². The predicted octanol–water partition coefficient (Wildman–Crippen LogP) is 1.68. The maximum absolute atomic E-state index is 11.8. The van der Waals surface area contributed by atoms with Gasteiger partial charge in [-0.3, -0.25) is 0 Å². The van der Waals surface area contributed by atoms with Crippen molar-refractivity contribution in [2.24, 2.45) is 5.41 Å². The molecule has 5 nitrogen and oxygen atoms in total. The zero-order valence-electron chi connectivity index (χ0n) is 10.2. The summed E-state index contributed by atoms with van der Waals surface area (Å²) >= 11 is 0. The van der Waals surface area contributed by atoms with Crippen LogP contribution in [0.25, 0.3) is 0 Å². The summed E-state index contributed by atoms with van der Waals surface area (Å²) in [6.45, 7) is 3.56. The van der Waals surface area contributed by atoms with Crippen molar-refractivity contribution in [1.82, 2.24) is 0 Å². The molecule has 18 heavy (non-hydrogen) atoms. The highest BCUT2D eigenvalue weighted by Gasteiger charge is 2.38. The van der Waals surface area contributed by atoms with Gasteiger partial charge in [0.25, 0.3) is 0 Å². The molecule has 1 aromatic carbocycles. The molecule has 0 aliphatic carbocycles.